The highest BCUT2D eigenvalue weighted by Gasteiger charge is 2.22. The number of thioether (sulfide) groups is 1. The van der Waals surface area contributed by atoms with Crippen LogP contribution in [0.1, 0.15) is 11.4 Å². The highest BCUT2D eigenvalue weighted by molar-refractivity contribution is 9.10. The number of amidine groups is 2. The Kier molecular flexibility index (Phi) is 16.1. The summed E-state index contributed by atoms with van der Waals surface area (Å²) in [6.45, 7) is -0.165. The zero-order valence-electron chi connectivity index (χ0n) is 25.0. The van der Waals surface area contributed by atoms with Crippen molar-refractivity contribution in [1.29, 1.82) is 0 Å². The van der Waals surface area contributed by atoms with Crippen LogP contribution in [-0.2, 0) is 31.2 Å². The van der Waals surface area contributed by atoms with Gasteiger partial charge in [-0.2, -0.15) is 16.8 Å². The second kappa shape index (κ2) is 19.5. The normalized spacial score (nSPS) is 13.0. The molecule has 0 bridgehead atoms. The van der Waals surface area contributed by atoms with Gasteiger partial charge in [0.05, 0.1) is 31.1 Å². The van der Waals surface area contributed by atoms with E-state index in [4.69, 9.17) is 10.3 Å². The van der Waals surface area contributed by atoms with Gasteiger partial charge >= 0.3 is 0 Å². The largest absolute Gasteiger partial charge is 0.290 e. The van der Waals surface area contributed by atoms with Crippen molar-refractivity contribution in [1.82, 2.24) is 41.0 Å². The van der Waals surface area contributed by atoms with Gasteiger partial charge in [0.15, 0.2) is 28.1 Å². The van der Waals surface area contributed by atoms with Crippen LogP contribution in [0.4, 0.5) is 20.2 Å². The fourth-order valence-electron chi connectivity index (χ4n) is 3.23. The van der Waals surface area contributed by atoms with Gasteiger partial charge in [0.2, 0.25) is 5.03 Å². The smallest absolute Gasteiger partial charge is 0.274 e. The van der Waals surface area contributed by atoms with E-state index in [9.17, 15) is 40.2 Å². The summed E-state index contributed by atoms with van der Waals surface area (Å²) in [5, 5.41) is 42.6. The molecule has 0 saturated carbocycles. The van der Waals surface area contributed by atoms with Crippen molar-refractivity contribution < 1.29 is 49.5 Å². The summed E-state index contributed by atoms with van der Waals surface area (Å²) in [7, 11) is -9.54. The van der Waals surface area contributed by atoms with E-state index >= 15 is 0 Å². The van der Waals surface area contributed by atoms with E-state index in [-0.39, 0.29) is 72.3 Å². The zero-order valence-corrected chi connectivity index (χ0v) is 31.5. The molecule has 0 fully saturated rings. The van der Waals surface area contributed by atoms with Gasteiger partial charge in [-0.25, -0.2) is 47.7 Å². The standard InChI is InChI=1S/C11H12BrFN6O5S2.C11H12BrFN6O4S2/c12-7-5-6(1-2-8(7)13)16-10(17-20)9-11(19-24-18-9)25(21)4-3-15-26(14,22)23;12-7-5-6(1-2-8(7)13)16-10(17-20)9-11(19-23-18-9)24-4-3-15-25(14,21)22/h1-2,5,15,20H,3-4H2,(H,16,17)(H2,14,22,23);1-2,5,15,20H,3-4H2,(H,16,17)(H2,14,21,22). The van der Waals surface area contributed by atoms with E-state index < -0.39 is 42.9 Å². The molecule has 0 amide bonds. The predicted molar refractivity (Wildman–Crippen MR) is 183 cm³/mol. The van der Waals surface area contributed by atoms with Crippen LogP contribution < -0.4 is 30.7 Å². The van der Waals surface area contributed by atoms with Crippen LogP contribution in [0.3, 0.4) is 0 Å². The van der Waals surface area contributed by atoms with Crippen molar-refractivity contribution in [3.8, 4) is 0 Å². The first-order valence-corrected chi connectivity index (χ1v) is 20.1. The van der Waals surface area contributed by atoms with Gasteiger partial charge in [-0.3, -0.25) is 25.6 Å². The summed E-state index contributed by atoms with van der Waals surface area (Å²) in [4.78, 5) is 8.12. The Morgan fingerprint density at radius 2 is 1.31 bits per heavy atom. The molecule has 21 nitrogen and oxygen atoms in total. The van der Waals surface area contributed by atoms with E-state index in [2.05, 4.69) is 76.5 Å². The van der Waals surface area contributed by atoms with Crippen LogP contribution in [0.5, 0.6) is 0 Å². The Balaban J connectivity index is 0.000000276. The molecule has 0 aliphatic carbocycles. The summed E-state index contributed by atoms with van der Waals surface area (Å²) in [5.41, 5.74) is 4.16. The third kappa shape index (κ3) is 13.9. The molecule has 51 heavy (non-hydrogen) atoms. The molecule has 10 N–H and O–H groups in total. The SMILES string of the molecule is NS(=O)(=O)NCCS(=O)c1nonc1C(=Nc1ccc(F)c(Br)c1)NO.NS(=O)(=O)NCCSc1nonc1C(=Nc1ccc(F)c(Br)c1)NO. The second-order valence-electron chi connectivity index (χ2n) is 8.95. The molecule has 1 unspecified atom stereocenters. The van der Waals surface area contributed by atoms with Crippen molar-refractivity contribution in [3.05, 3.63) is 68.4 Å². The van der Waals surface area contributed by atoms with Gasteiger partial charge in [0.25, 0.3) is 20.4 Å². The van der Waals surface area contributed by atoms with Crippen molar-refractivity contribution in [3.63, 3.8) is 0 Å². The minimum Gasteiger partial charge on any atom is -0.290 e. The number of nitrogens with one attached hydrogen (secondary N) is 4. The third-order valence-corrected chi connectivity index (χ3v) is 9.97. The monoisotopic (exact) mass is 924 g/mol. The molecule has 2 aromatic heterocycles. The van der Waals surface area contributed by atoms with Crippen molar-refractivity contribution in [2.75, 3.05) is 24.6 Å². The van der Waals surface area contributed by atoms with E-state index in [1.165, 1.54) is 30.3 Å². The third-order valence-electron chi connectivity index (χ3n) is 5.32. The van der Waals surface area contributed by atoms with Crippen molar-refractivity contribution >= 4 is 97.9 Å². The Bertz CT molecular complexity index is 2120. The molecule has 1 atom stereocenters. The van der Waals surface area contributed by atoms with Crippen LogP contribution in [-0.4, -0.2) is 88.4 Å². The minimum atomic E-state index is -3.92. The summed E-state index contributed by atoms with van der Waals surface area (Å²) in [5.74, 6) is -1.21. The number of hydrogen-bond acceptors (Lipinski definition) is 16. The second-order valence-corrected chi connectivity index (χ2v) is 16.0. The molecule has 0 aliphatic rings. The molecule has 0 spiro atoms. The number of nitrogens with two attached hydrogens (primary N) is 2. The lowest BCUT2D eigenvalue weighted by Gasteiger charge is -2.04. The maximum Gasteiger partial charge on any atom is 0.274 e. The number of hydrogen-bond donors (Lipinski definition) is 8. The average Bonchev–Trinajstić information content (AvgIpc) is 3.74. The first-order valence-electron chi connectivity index (χ1n) is 13.1. The van der Waals surface area contributed by atoms with Crippen molar-refractivity contribution in [2.24, 2.45) is 20.3 Å². The molecular formula is C22H24Br2F2N12O9S4. The number of aromatic nitrogens is 4. The molecule has 4 rings (SSSR count). The Morgan fingerprint density at radius 1 is 0.824 bits per heavy atom. The highest BCUT2D eigenvalue weighted by atomic mass is 79.9. The number of benzene rings is 2. The molecule has 4 aromatic rings. The zero-order chi connectivity index (χ0) is 37.8. The van der Waals surface area contributed by atoms with Gasteiger partial charge < -0.3 is 0 Å². The highest BCUT2D eigenvalue weighted by Crippen LogP contribution is 2.25. The predicted octanol–water partition coefficient (Wildman–Crippen LogP) is 0.843. The topological polar surface area (TPSA) is 329 Å². The number of hydroxylamine groups is 2. The first kappa shape index (κ1) is 42.1. The molecule has 0 aliphatic heterocycles. The van der Waals surface area contributed by atoms with E-state index in [1.54, 1.807) is 5.48 Å². The molecule has 278 valence electrons. The van der Waals surface area contributed by atoms with E-state index in [0.29, 0.717) is 5.69 Å². The fraction of sp³-hybridized carbons (Fsp3) is 0.182. The van der Waals surface area contributed by atoms with E-state index in [1.807, 2.05) is 10.2 Å². The lowest BCUT2D eigenvalue weighted by atomic mass is 10.3. The molecule has 29 heteroatoms. The Hall–Kier alpha value is -3.36. The van der Waals surface area contributed by atoms with E-state index in [0.717, 1.165) is 17.8 Å². The molecular weight excluding hydrogens is 902 g/mol. The lowest BCUT2D eigenvalue weighted by Crippen LogP contribution is -2.33. The van der Waals surface area contributed by atoms with Gasteiger partial charge in [-0.05, 0) is 88.9 Å². The summed E-state index contributed by atoms with van der Waals surface area (Å²) >= 11 is 7.14. The molecule has 0 saturated heterocycles. The number of aliphatic imine (C=N–C) groups is 2. The fourth-order valence-corrected chi connectivity index (χ4v) is 6.69. The number of rotatable bonds is 14. The Morgan fingerprint density at radius 3 is 1.82 bits per heavy atom. The van der Waals surface area contributed by atoms with Crippen LogP contribution >= 0.6 is 43.6 Å². The summed E-state index contributed by atoms with van der Waals surface area (Å²) in [6.07, 6.45) is 0. The maximum atomic E-state index is 13.3. The molecule has 2 aromatic carbocycles. The van der Waals surface area contributed by atoms with Crippen LogP contribution in [0, 0.1) is 11.6 Å². The van der Waals surface area contributed by atoms with Gasteiger partial charge in [-0.1, -0.05) is 11.8 Å². The first-order chi connectivity index (χ1) is 24.0. The number of nitrogens with zero attached hydrogens (tertiary/aromatic N) is 6. The van der Waals surface area contributed by atoms with Gasteiger partial charge in [0.1, 0.15) is 11.6 Å². The molecule has 0 radical (unpaired) electrons. The number of halogens is 4. The van der Waals surface area contributed by atoms with Crippen molar-refractivity contribution in [2.45, 2.75) is 10.1 Å². The maximum absolute atomic E-state index is 13.3. The van der Waals surface area contributed by atoms with Crippen LogP contribution in [0.25, 0.3) is 0 Å². The van der Waals surface area contributed by atoms with Crippen LogP contribution in [0.15, 0.2) is 74.6 Å². The Labute approximate surface area is 310 Å². The average molecular weight is 927 g/mol. The van der Waals surface area contributed by atoms with Gasteiger partial charge in [0, 0.05) is 24.6 Å². The minimum absolute atomic E-state index is 0.0553. The molecule has 2 heterocycles. The van der Waals surface area contributed by atoms with Gasteiger partial charge in [-0.15, -0.1) is 0 Å². The van der Waals surface area contributed by atoms with Crippen LogP contribution in [0.2, 0.25) is 0 Å². The lowest BCUT2D eigenvalue weighted by molar-refractivity contribution is 0.233. The quantitative estimate of drug-likeness (QED) is 0.0286. The summed E-state index contributed by atoms with van der Waals surface area (Å²) in [6, 6.07) is 7.83. The summed E-state index contributed by atoms with van der Waals surface area (Å²) < 4.78 is 95.5.